The summed E-state index contributed by atoms with van der Waals surface area (Å²) in [6.07, 6.45) is 0. The molecule has 2 fully saturated rings. The zero-order valence-electron chi connectivity index (χ0n) is 14.5. The lowest BCUT2D eigenvalue weighted by atomic mass is 9.81. The molecule has 7 nitrogen and oxygen atoms in total. The maximum absolute atomic E-state index is 12.9. The maximum atomic E-state index is 12.9. The molecule has 0 spiro atoms. The van der Waals surface area contributed by atoms with Gasteiger partial charge in [-0.15, -0.1) is 0 Å². The Morgan fingerprint density at radius 3 is 2.46 bits per heavy atom. The summed E-state index contributed by atoms with van der Waals surface area (Å²) in [7, 11) is 3.54. The molecule has 0 bridgehead atoms. The summed E-state index contributed by atoms with van der Waals surface area (Å²) in [4.78, 5) is 40.8. The van der Waals surface area contributed by atoms with Crippen molar-refractivity contribution in [3.8, 4) is 0 Å². The average molecular weight is 333 g/mol. The van der Waals surface area contributed by atoms with Gasteiger partial charge in [0.05, 0.1) is 0 Å². The van der Waals surface area contributed by atoms with Crippen LogP contribution in [0.2, 0.25) is 0 Å². The fourth-order valence-electron chi connectivity index (χ4n) is 4.17. The first-order valence-electron chi connectivity index (χ1n) is 8.06. The normalized spacial score (nSPS) is 26.7. The molecule has 24 heavy (non-hydrogen) atoms. The lowest BCUT2D eigenvalue weighted by Gasteiger charge is -2.24. The van der Waals surface area contributed by atoms with Crippen molar-refractivity contribution in [3.63, 3.8) is 0 Å². The Hall–Kier alpha value is -2.15. The highest BCUT2D eigenvalue weighted by atomic mass is 16.4. The highest BCUT2D eigenvalue weighted by molar-refractivity contribution is 5.96. The molecule has 1 aromatic heterocycles. The molecule has 3 rings (SSSR count). The maximum Gasteiger partial charge on any atom is 0.313 e. The summed E-state index contributed by atoms with van der Waals surface area (Å²) in [5.41, 5.74) is 0.331. The molecule has 1 N–H and O–H groups in total. The number of aromatic nitrogens is 1. The molecule has 2 aliphatic heterocycles. The van der Waals surface area contributed by atoms with E-state index in [4.69, 9.17) is 0 Å². The number of nitrogens with zero attached hydrogens (tertiary/aromatic N) is 3. The SMILES string of the molecule is Cc1cc(C)n(C)c(=O)c1C(=O)N1C[C@H]2CN(C)C[C@@]2(C(=O)O)C1. The predicted molar refractivity (Wildman–Crippen MR) is 88.1 cm³/mol. The molecule has 130 valence electrons. The molecule has 2 aliphatic rings. The fraction of sp³-hybridized carbons (Fsp3) is 0.588. The highest BCUT2D eigenvalue weighted by Gasteiger charge is 2.58. The van der Waals surface area contributed by atoms with Crippen LogP contribution in [0.15, 0.2) is 10.9 Å². The van der Waals surface area contributed by atoms with Crippen LogP contribution in [-0.2, 0) is 11.8 Å². The smallest absolute Gasteiger partial charge is 0.313 e. The number of aryl methyl sites for hydroxylation is 2. The third-order valence-electron chi connectivity index (χ3n) is 5.57. The quantitative estimate of drug-likeness (QED) is 0.829. The van der Waals surface area contributed by atoms with Crippen LogP contribution < -0.4 is 5.56 Å². The van der Waals surface area contributed by atoms with Gasteiger partial charge in [-0.25, -0.2) is 0 Å². The molecule has 3 heterocycles. The van der Waals surface area contributed by atoms with Crippen LogP contribution in [-0.4, -0.2) is 64.6 Å². The van der Waals surface area contributed by atoms with Gasteiger partial charge in [0.1, 0.15) is 11.0 Å². The van der Waals surface area contributed by atoms with E-state index < -0.39 is 11.4 Å². The third-order valence-corrected chi connectivity index (χ3v) is 5.57. The average Bonchev–Trinajstić information content (AvgIpc) is 2.98. The number of likely N-dealkylation sites (tertiary alicyclic amines) is 2. The first kappa shape index (κ1) is 16.7. The number of fused-ring (bicyclic) bond motifs is 1. The Morgan fingerprint density at radius 2 is 1.88 bits per heavy atom. The van der Waals surface area contributed by atoms with Crippen LogP contribution in [0.25, 0.3) is 0 Å². The molecule has 7 heteroatoms. The highest BCUT2D eigenvalue weighted by Crippen LogP contribution is 2.42. The predicted octanol–water partition coefficient (Wildman–Crippen LogP) is 0.0905. The molecule has 2 saturated heterocycles. The first-order chi connectivity index (χ1) is 11.2. The lowest BCUT2D eigenvalue weighted by Crippen LogP contribution is -2.42. The number of amides is 1. The van der Waals surface area contributed by atoms with Gasteiger partial charge in [-0.1, -0.05) is 0 Å². The summed E-state index contributed by atoms with van der Waals surface area (Å²) in [6.45, 7) is 5.19. The van der Waals surface area contributed by atoms with E-state index in [1.54, 1.807) is 18.9 Å². The number of hydrogen-bond acceptors (Lipinski definition) is 4. The summed E-state index contributed by atoms with van der Waals surface area (Å²) in [6, 6.07) is 1.81. The Morgan fingerprint density at radius 1 is 1.21 bits per heavy atom. The van der Waals surface area contributed by atoms with Gasteiger partial charge in [0.2, 0.25) is 0 Å². The number of carbonyl (C=O) groups is 2. The van der Waals surface area contributed by atoms with Gasteiger partial charge in [-0.3, -0.25) is 14.4 Å². The van der Waals surface area contributed by atoms with Crippen LogP contribution in [0, 0.1) is 25.2 Å². The second kappa shape index (κ2) is 5.44. The van der Waals surface area contributed by atoms with Crippen molar-refractivity contribution in [3.05, 3.63) is 33.2 Å². The zero-order chi connectivity index (χ0) is 17.8. The van der Waals surface area contributed by atoms with Crippen LogP contribution in [0.4, 0.5) is 0 Å². The zero-order valence-corrected chi connectivity index (χ0v) is 14.5. The van der Waals surface area contributed by atoms with Gasteiger partial charge in [-0.2, -0.15) is 0 Å². The van der Waals surface area contributed by atoms with E-state index in [0.29, 0.717) is 25.2 Å². The Labute approximate surface area is 140 Å². The van der Waals surface area contributed by atoms with Crippen molar-refractivity contribution in [1.29, 1.82) is 0 Å². The summed E-state index contributed by atoms with van der Waals surface area (Å²) in [5.74, 6) is -1.31. The van der Waals surface area contributed by atoms with Crippen molar-refractivity contribution >= 4 is 11.9 Å². The van der Waals surface area contributed by atoms with Crippen LogP contribution in [0.1, 0.15) is 21.6 Å². The molecule has 0 unspecified atom stereocenters. The second-order valence-electron chi connectivity index (χ2n) is 7.25. The number of carboxylic acid groups (broad SMARTS) is 1. The number of carboxylic acids is 1. The third kappa shape index (κ3) is 2.26. The van der Waals surface area contributed by atoms with Crippen molar-refractivity contribution in [1.82, 2.24) is 14.4 Å². The minimum Gasteiger partial charge on any atom is -0.481 e. The number of pyridine rings is 1. The molecule has 2 atom stereocenters. The summed E-state index contributed by atoms with van der Waals surface area (Å²) >= 11 is 0. The van der Waals surface area contributed by atoms with Gasteiger partial charge < -0.3 is 19.5 Å². The van der Waals surface area contributed by atoms with E-state index in [9.17, 15) is 19.5 Å². The van der Waals surface area contributed by atoms with Gasteiger partial charge in [0, 0.05) is 44.8 Å². The largest absolute Gasteiger partial charge is 0.481 e. The van der Waals surface area contributed by atoms with Crippen LogP contribution >= 0.6 is 0 Å². The monoisotopic (exact) mass is 333 g/mol. The van der Waals surface area contributed by atoms with Crippen LogP contribution in [0.5, 0.6) is 0 Å². The summed E-state index contributed by atoms with van der Waals surface area (Å²) < 4.78 is 1.46. The van der Waals surface area contributed by atoms with E-state index in [1.165, 1.54) is 4.57 Å². The minimum atomic E-state index is -0.922. The van der Waals surface area contributed by atoms with Gasteiger partial charge in [0.25, 0.3) is 11.5 Å². The molecule has 1 aromatic rings. The fourth-order valence-corrected chi connectivity index (χ4v) is 4.17. The molecule has 0 aliphatic carbocycles. The molecule has 0 saturated carbocycles. The Bertz CT molecular complexity index is 785. The molecule has 0 aromatic carbocycles. The van der Waals surface area contributed by atoms with Crippen molar-refractivity contribution in [2.75, 3.05) is 33.2 Å². The Balaban J connectivity index is 1.96. The first-order valence-corrected chi connectivity index (χ1v) is 8.06. The Kier molecular flexibility index (Phi) is 3.79. The standard InChI is InChI=1S/C17H23N3O4/c1-10-5-11(2)19(4)14(21)13(10)15(22)20-7-12-6-18(3)8-17(12,9-20)16(23)24/h5,12H,6-9H2,1-4H3,(H,23,24)/t12-,17-/m1/s1. The van der Waals surface area contributed by atoms with Crippen molar-refractivity contribution in [2.24, 2.45) is 18.4 Å². The van der Waals surface area contributed by atoms with Crippen molar-refractivity contribution < 1.29 is 14.7 Å². The second-order valence-corrected chi connectivity index (χ2v) is 7.25. The van der Waals surface area contributed by atoms with E-state index >= 15 is 0 Å². The molecule has 0 radical (unpaired) electrons. The minimum absolute atomic E-state index is 0.0986. The van der Waals surface area contributed by atoms with Gasteiger partial charge >= 0.3 is 5.97 Å². The van der Waals surface area contributed by atoms with Gasteiger partial charge in [-0.05, 0) is 32.5 Å². The lowest BCUT2D eigenvalue weighted by molar-refractivity contribution is -0.148. The van der Waals surface area contributed by atoms with E-state index in [0.717, 1.165) is 5.69 Å². The number of rotatable bonds is 2. The summed E-state index contributed by atoms with van der Waals surface area (Å²) in [5, 5.41) is 9.72. The van der Waals surface area contributed by atoms with E-state index in [2.05, 4.69) is 0 Å². The number of carbonyl (C=O) groups excluding carboxylic acids is 1. The molecular formula is C17H23N3O4. The molecular weight excluding hydrogens is 310 g/mol. The van der Waals surface area contributed by atoms with E-state index in [1.807, 2.05) is 24.9 Å². The van der Waals surface area contributed by atoms with Crippen LogP contribution in [0.3, 0.4) is 0 Å². The van der Waals surface area contributed by atoms with E-state index in [-0.39, 0.29) is 29.5 Å². The van der Waals surface area contributed by atoms with Gasteiger partial charge in [0.15, 0.2) is 0 Å². The topological polar surface area (TPSA) is 82.9 Å². The number of hydrogen-bond donors (Lipinski definition) is 1. The number of aliphatic carboxylic acids is 1. The van der Waals surface area contributed by atoms with Crippen molar-refractivity contribution in [2.45, 2.75) is 13.8 Å². The molecule has 1 amide bonds.